The molecule has 6 nitrogen and oxygen atoms in total. The maximum absolute atomic E-state index is 12.9. The summed E-state index contributed by atoms with van der Waals surface area (Å²) < 4.78 is 28.5. The molecule has 2 aromatic rings. The average molecular weight is 476 g/mol. The van der Waals surface area contributed by atoms with E-state index in [9.17, 15) is 13.2 Å². The summed E-state index contributed by atoms with van der Waals surface area (Å²) in [4.78, 5) is 15.5. The molecule has 32 heavy (non-hydrogen) atoms. The second-order valence-electron chi connectivity index (χ2n) is 8.69. The highest BCUT2D eigenvalue weighted by Gasteiger charge is 2.19. The number of hydrogen-bond donors (Lipinski definition) is 2. The van der Waals surface area contributed by atoms with Crippen LogP contribution in [-0.4, -0.2) is 33.7 Å². The lowest BCUT2D eigenvalue weighted by Crippen LogP contribution is -2.34. The second kappa shape index (κ2) is 10.7. The molecule has 2 N–H and O–H groups in total. The van der Waals surface area contributed by atoms with Gasteiger partial charge in [0, 0.05) is 36.1 Å². The zero-order chi connectivity index (χ0) is 23.3. The van der Waals surface area contributed by atoms with Crippen molar-refractivity contribution >= 4 is 39.1 Å². The van der Waals surface area contributed by atoms with Crippen molar-refractivity contribution < 1.29 is 13.2 Å². The smallest absolute Gasteiger partial charge is 0.240 e. The Bertz CT molecular complexity index is 1040. The third-order valence-electron chi connectivity index (χ3n) is 5.69. The van der Waals surface area contributed by atoms with Gasteiger partial charge in [-0.25, -0.2) is 13.1 Å². The topological polar surface area (TPSA) is 78.5 Å². The molecule has 174 valence electrons. The third kappa shape index (κ3) is 6.27. The Hall–Kier alpha value is -2.03. The van der Waals surface area contributed by atoms with Crippen molar-refractivity contribution in [1.82, 2.24) is 4.72 Å². The number of sulfonamides is 1. The van der Waals surface area contributed by atoms with Gasteiger partial charge >= 0.3 is 0 Å². The van der Waals surface area contributed by atoms with Gasteiger partial charge in [-0.2, -0.15) is 0 Å². The van der Waals surface area contributed by atoms with Crippen molar-refractivity contribution in [2.45, 2.75) is 49.9 Å². The Morgan fingerprint density at radius 2 is 1.91 bits per heavy atom. The molecule has 1 saturated heterocycles. The van der Waals surface area contributed by atoms with Gasteiger partial charge in [0.2, 0.25) is 15.9 Å². The van der Waals surface area contributed by atoms with E-state index in [1.54, 1.807) is 26.0 Å². The van der Waals surface area contributed by atoms with Crippen LogP contribution in [-0.2, 0) is 21.4 Å². The normalized spacial score (nSPS) is 16.9. The standard InChI is InChI=1S/C24H33N3O3S2/c1-17(2)24(28)26-22-14-21(11-12-23(22)31-4)32(29,30)25-15-19-7-9-20(10-8-19)27-13-5-6-18(3)16-27/h7-12,14,17-18,25H,5-6,13,15-16H2,1-4H3,(H,26,28)/t18-/m0/s1. The number of rotatable bonds is 8. The predicted octanol–water partition coefficient (Wildman–Crippen LogP) is 4.72. The lowest BCUT2D eigenvalue weighted by atomic mass is 9.99. The van der Waals surface area contributed by atoms with Crippen LogP contribution in [0.1, 0.15) is 39.2 Å². The molecule has 1 atom stereocenters. The largest absolute Gasteiger partial charge is 0.371 e. The molecular weight excluding hydrogens is 442 g/mol. The molecule has 1 aliphatic rings. The van der Waals surface area contributed by atoms with E-state index >= 15 is 0 Å². The van der Waals surface area contributed by atoms with E-state index in [0.717, 1.165) is 23.5 Å². The Kier molecular flexibility index (Phi) is 8.25. The van der Waals surface area contributed by atoms with Crippen LogP contribution >= 0.6 is 11.8 Å². The molecule has 1 aliphatic heterocycles. The number of carbonyl (C=O) groups is 1. The van der Waals surface area contributed by atoms with Crippen LogP contribution in [0, 0.1) is 11.8 Å². The molecule has 3 rings (SSSR count). The van der Waals surface area contributed by atoms with E-state index in [0.29, 0.717) is 11.6 Å². The van der Waals surface area contributed by atoms with E-state index in [2.05, 4.69) is 34.0 Å². The lowest BCUT2D eigenvalue weighted by molar-refractivity contribution is -0.118. The minimum absolute atomic E-state index is 0.133. The summed E-state index contributed by atoms with van der Waals surface area (Å²) in [5, 5.41) is 2.83. The first-order valence-corrected chi connectivity index (χ1v) is 13.7. The SMILES string of the molecule is CSc1ccc(S(=O)(=O)NCc2ccc(N3CCC[C@H](C)C3)cc2)cc1NC(=O)C(C)C. The fourth-order valence-electron chi connectivity index (χ4n) is 3.74. The first-order valence-electron chi connectivity index (χ1n) is 11.0. The van der Waals surface area contributed by atoms with Crippen molar-refractivity contribution in [1.29, 1.82) is 0 Å². The van der Waals surface area contributed by atoms with Crippen LogP contribution in [0.5, 0.6) is 0 Å². The summed E-state index contributed by atoms with van der Waals surface area (Å²) in [7, 11) is -3.72. The molecule has 2 aromatic carbocycles. The number of piperidine rings is 1. The fraction of sp³-hybridized carbons (Fsp3) is 0.458. The number of carbonyl (C=O) groups excluding carboxylic acids is 1. The summed E-state index contributed by atoms with van der Waals surface area (Å²) in [6.07, 6.45) is 4.37. The van der Waals surface area contributed by atoms with Crippen LogP contribution in [0.15, 0.2) is 52.3 Å². The quantitative estimate of drug-likeness (QED) is 0.540. The van der Waals surface area contributed by atoms with Gasteiger partial charge < -0.3 is 10.2 Å². The van der Waals surface area contributed by atoms with Crippen molar-refractivity contribution in [3.05, 3.63) is 48.0 Å². The fourth-order valence-corrected chi connectivity index (χ4v) is 5.32. The molecule has 1 amide bonds. The zero-order valence-corrected chi connectivity index (χ0v) is 20.9. The number of nitrogens with zero attached hydrogens (tertiary/aromatic N) is 1. The van der Waals surface area contributed by atoms with Crippen LogP contribution < -0.4 is 14.9 Å². The molecule has 1 fully saturated rings. The minimum atomic E-state index is -3.72. The summed E-state index contributed by atoms with van der Waals surface area (Å²) in [6, 6.07) is 12.9. The van der Waals surface area contributed by atoms with Crippen molar-refractivity contribution in [3.8, 4) is 0 Å². The Labute approximate surface area is 196 Å². The zero-order valence-electron chi connectivity index (χ0n) is 19.2. The summed E-state index contributed by atoms with van der Waals surface area (Å²) in [6.45, 7) is 8.21. The van der Waals surface area contributed by atoms with E-state index in [1.165, 1.54) is 36.4 Å². The highest BCUT2D eigenvalue weighted by Crippen LogP contribution is 2.29. The molecule has 0 bridgehead atoms. The second-order valence-corrected chi connectivity index (χ2v) is 11.3. The average Bonchev–Trinajstić information content (AvgIpc) is 2.78. The van der Waals surface area contributed by atoms with Gasteiger partial charge in [0.1, 0.15) is 0 Å². The van der Waals surface area contributed by atoms with Crippen LogP contribution in [0.3, 0.4) is 0 Å². The van der Waals surface area contributed by atoms with Gasteiger partial charge in [0.25, 0.3) is 0 Å². The van der Waals surface area contributed by atoms with E-state index in [-0.39, 0.29) is 23.3 Å². The lowest BCUT2D eigenvalue weighted by Gasteiger charge is -2.32. The molecule has 0 aliphatic carbocycles. The minimum Gasteiger partial charge on any atom is -0.371 e. The first-order chi connectivity index (χ1) is 15.2. The molecule has 0 unspecified atom stereocenters. The van der Waals surface area contributed by atoms with Crippen LogP contribution in [0.25, 0.3) is 0 Å². The highest BCUT2D eigenvalue weighted by atomic mass is 32.2. The molecule has 1 heterocycles. The van der Waals surface area contributed by atoms with Gasteiger partial charge in [-0.05, 0) is 60.9 Å². The van der Waals surface area contributed by atoms with Crippen LogP contribution in [0.2, 0.25) is 0 Å². The third-order valence-corrected chi connectivity index (χ3v) is 7.88. The van der Waals surface area contributed by atoms with Crippen LogP contribution in [0.4, 0.5) is 11.4 Å². The number of anilines is 2. The molecule has 0 saturated carbocycles. The predicted molar refractivity (Wildman–Crippen MR) is 133 cm³/mol. The van der Waals surface area contributed by atoms with Crippen molar-refractivity contribution in [2.24, 2.45) is 11.8 Å². The number of thioether (sulfide) groups is 1. The van der Waals surface area contributed by atoms with Gasteiger partial charge in [-0.3, -0.25) is 4.79 Å². The van der Waals surface area contributed by atoms with Gasteiger partial charge in [0.05, 0.1) is 10.6 Å². The highest BCUT2D eigenvalue weighted by molar-refractivity contribution is 7.98. The Morgan fingerprint density at radius 1 is 1.19 bits per heavy atom. The maximum atomic E-state index is 12.9. The summed E-state index contributed by atoms with van der Waals surface area (Å²) in [5.74, 6) is 0.355. The van der Waals surface area contributed by atoms with Crippen molar-refractivity contribution in [2.75, 3.05) is 29.6 Å². The molecule has 0 aromatic heterocycles. The van der Waals surface area contributed by atoms with Gasteiger partial charge in [-0.1, -0.05) is 32.9 Å². The molecule has 0 spiro atoms. The number of hydrogen-bond acceptors (Lipinski definition) is 5. The maximum Gasteiger partial charge on any atom is 0.240 e. The summed E-state index contributed by atoms with van der Waals surface area (Å²) >= 11 is 1.46. The number of amides is 1. The number of nitrogens with one attached hydrogen (secondary N) is 2. The monoisotopic (exact) mass is 475 g/mol. The van der Waals surface area contributed by atoms with Crippen molar-refractivity contribution in [3.63, 3.8) is 0 Å². The molecule has 0 radical (unpaired) electrons. The van der Waals surface area contributed by atoms with Gasteiger partial charge in [-0.15, -0.1) is 11.8 Å². The Balaban J connectivity index is 1.69. The Morgan fingerprint density at radius 3 is 2.53 bits per heavy atom. The van der Waals surface area contributed by atoms with E-state index in [1.807, 2.05) is 18.4 Å². The summed E-state index contributed by atoms with van der Waals surface area (Å²) in [5.41, 5.74) is 2.59. The van der Waals surface area contributed by atoms with Gasteiger partial charge in [0.15, 0.2) is 0 Å². The molecular formula is C24H33N3O3S2. The number of benzene rings is 2. The van der Waals surface area contributed by atoms with E-state index in [4.69, 9.17) is 0 Å². The molecule has 8 heteroatoms. The van der Waals surface area contributed by atoms with E-state index < -0.39 is 10.0 Å². The first kappa shape index (κ1) is 24.6.